The summed E-state index contributed by atoms with van der Waals surface area (Å²) >= 11 is 0. The molecule has 10 aromatic rings. The summed E-state index contributed by atoms with van der Waals surface area (Å²) in [5, 5.41) is 1.95. The van der Waals surface area contributed by atoms with Gasteiger partial charge in [-0.3, -0.25) is 13.7 Å². The standard InChI is InChI=1S/C68H68N4O/c1-64(2,3)46-37-52(44-20-13-12-14-21-44)63(53(38-46)45-28-31-54-55(36-45)66(6,7)33-32-65(54,4)5)71-43-70(59-26-17-18-27-60(59)71)47-22-19-23-48(39-47)73-49-29-30-51-50-24-15-16-25-58(50)72(61(51)40-49)62-41-56-57(42-69-62)68(10,11)35-34-67(56,8)9/h12-31,36-42H,32-35H2,1-11H3/i4D3,5D3,6D3,7D3,12D,13D,14D,20D,21D,28D,31D,32D2,33D2,36D. The van der Waals surface area contributed by atoms with E-state index >= 15 is 0 Å². The number of imidazole rings is 1. The quantitative estimate of drug-likeness (QED) is 0.118. The highest BCUT2D eigenvalue weighted by molar-refractivity contribution is 6.09. The fraction of sp³-hybridized carbons (Fsp3) is 0.294. The van der Waals surface area contributed by atoms with Gasteiger partial charge in [-0.05, 0) is 145 Å². The molecule has 2 aliphatic rings. The van der Waals surface area contributed by atoms with E-state index in [9.17, 15) is 12.3 Å². The van der Waals surface area contributed by atoms with Crippen LogP contribution in [0.2, 0.25) is 0 Å². The minimum atomic E-state index is -4.63. The molecule has 0 radical (unpaired) electrons. The predicted molar refractivity (Wildman–Crippen MR) is 302 cm³/mol. The summed E-state index contributed by atoms with van der Waals surface area (Å²) in [6, 6.07) is 24.2. The maximum absolute atomic E-state index is 10.4. The van der Waals surface area contributed by atoms with Crippen molar-refractivity contribution >= 4 is 32.8 Å². The molecule has 3 heterocycles. The van der Waals surface area contributed by atoms with Crippen LogP contribution < -0.4 is 9.30 Å². The van der Waals surface area contributed by atoms with Crippen molar-refractivity contribution in [3.8, 4) is 50.9 Å². The number of fused-ring (bicyclic) bond motifs is 6. The van der Waals surface area contributed by atoms with Gasteiger partial charge in [0, 0.05) is 45.0 Å². The largest absolute Gasteiger partial charge is 0.458 e. The van der Waals surface area contributed by atoms with Crippen LogP contribution in [-0.2, 0) is 27.1 Å². The van der Waals surface area contributed by atoms with Crippen LogP contribution in [-0.4, -0.2) is 14.1 Å². The van der Waals surface area contributed by atoms with Gasteiger partial charge in [0.15, 0.2) is 0 Å². The van der Waals surface area contributed by atoms with Gasteiger partial charge in [0.05, 0.1) is 44.4 Å². The fourth-order valence-corrected chi connectivity index (χ4v) is 10.6. The first-order valence-corrected chi connectivity index (χ1v) is 24.3. The summed E-state index contributed by atoms with van der Waals surface area (Å²) in [5.41, 5.74) is -10.5. The van der Waals surface area contributed by atoms with Crippen molar-refractivity contribution in [1.82, 2.24) is 14.1 Å². The number of ether oxygens (including phenoxy) is 1. The minimum Gasteiger partial charge on any atom is -0.458 e. The number of hydrogen-bond acceptors (Lipinski definition) is 2. The molecule has 12 rings (SSSR count). The number of hydrogen-bond donors (Lipinski definition) is 0. The van der Waals surface area contributed by atoms with Gasteiger partial charge in [0.1, 0.15) is 17.3 Å². The Bertz CT molecular complexity index is 4900. The highest BCUT2D eigenvalue weighted by atomic mass is 16.5. The Kier molecular flexibility index (Phi) is 6.19. The van der Waals surface area contributed by atoms with Crippen LogP contribution in [0.4, 0.5) is 0 Å². The lowest BCUT2D eigenvalue weighted by Crippen LogP contribution is -2.34. The molecule has 0 atom stereocenters. The van der Waals surface area contributed by atoms with E-state index in [-0.39, 0.29) is 33.2 Å². The zero-order valence-corrected chi connectivity index (χ0v) is 41.6. The van der Waals surface area contributed by atoms with E-state index in [0.29, 0.717) is 22.7 Å². The Morgan fingerprint density at radius 1 is 0.630 bits per heavy atom. The van der Waals surface area contributed by atoms with Gasteiger partial charge < -0.3 is 4.74 Å². The average Bonchev–Trinajstić information content (AvgIpc) is 1.07. The third-order valence-electron chi connectivity index (χ3n) is 14.7. The molecular formula is C68H68N4O. The number of pyridine rings is 1. The smallest absolute Gasteiger partial charge is 0.269 e. The molecule has 73 heavy (non-hydrogen) atoms. The summed E-state index contributed by atoms with van der Waals surface area (Å²) < 4.78 is 233. The number of rotatable bonds is 7. The van der Waals surface area contributed by atoms with Gasteiger partial charge in [0.25, 0.3) is 6.33 Å². The van der Waals surface area contributed by atoms with Crippen molar-refractivity contribution in [2.45, 2.75) is 129 Å². The van der Waals surface area contributed by atoms with Gasteiger partial charge in [-0.15, -0.1) is 0 Å². The van der Waals surface area contributed by atoms with Gasteiger partial charge in [-0.2, -0.15) is 0 Å². The van der Waals surface area contributed by atoms with Crippen LogP contribution in [0, 0.1) is 6.33 Å². The molecule has 0 fully saturated rings. The number of para-hydroxylation sites is 3. The number of nitrogens with zero attached hydrogens (tertiary/aromatic N) is 4. The predicted octanol–water partition coefficient (Wildman–Crippen LogP) is 17.3. The van der Waals surface area contributed by atoms with Gasteiger partial charge >= 0.3 is 0 Å². The Labute approximate surface area is 465 Å². The van der Waals surface area contributed by atoms with E-state index in [4.69, 9.17) is 30.3 Å². The summed E-state index contributed by atoms with van der Waals surface area (Å²) in [7, 11) is 0. The first-order valence-electron chi connectivity index (χ1n) is 36.3. The Morgan fingerprint density at radius 2 is 1.30 bits per heavy atom. The molecule has 0 saturated heterocycles. The van der Waals surface area contributed by atoms with Crippen molar-refractivity contribution in [1.29, 1.82) is 0 Å². The van der Waals surface area contributed by atoms with Crippen molar-refractivity contribution < 1.29 is 42.2 Å². The van der Waals surface area contributed by atoms with Crippen LogP contribution in [0.1, 0.15) is 162 Å². The van der Waals surface area contributed by atoms with E-state index in [1.54, 1.807) is 73.9 Å². The summed E-state index contributed by atoms with van der Waals surface area (Å²) in [6.45, 7) is -3.20. The van der Waals surface area contributed by atoms with Crippen LogP contribution >= 0.6 is 0 Å². The monoisotopic (exact) mass is 981 g/mol. The Morgan fingerprint density at radius 3 is 2.05 bits per heavy atom. The number of benzene rings is 7. The molecule has 0 N–H and O–H groups in total. The molecule has 0 spiro atoms. The molecule has 0 unspecified atom stereocenters. The molecule has 5 nitrogen and oxygen atoms in total. The first-order chi connectivity index (χ1) is 44.7. The average molecular weight is 981 g/mol. The topological polar surface area (TPSA) is 35.9 Å². The lowest BCUT2D eigenvalue weighted by molar-refractivity contribution is -0.571. The molecule has 0 amide bonds. The van der Waals surface area contributed by atoms with Gasteiger partial charge in [-0.1, -0.05) is 185 Å². The van der Waals surface area contributed by atoms with E-state index in [1.807, 2.05) is 36.5 Å². The molecule has 0 bridgehead atoms. The van der Waals surface area contributed by atoms with Crippen LogP contribution in [0.5, 0.6) is 11.5 Å². The molecule has 7 aromatic carbocycles. The summed E-state index contributed by atoms with van der Waals surface area (Å²) in [4.78, 5) is 5.11. The second kappa shape index (κ2) is 16.6. The van der Waals surface area contributed by atoms with Crippen molar-refractivity contribution in [3.63, 3.8) is 0 Å². The molecule has 366 valence electrons. The maximum atomic E-state index is 10.4. The van der Waals surface area contributed by atoms with Crippen molar-refractivity contribution in [3.05, 3.63) is 198 Å². The summed E-state index contributed by atoms with van der Waals surface area (Å²) in [5.74, 6) is 1.52. The lowest BCUT2D eigenvalue weighted by Gasteiger charge is -2.42. The minimum absolute atomic E-state index is 0.0678. The second-order valence-corrected chi connectivity index (χ2v) is 21.7. The third-order valence-corrected chi connectivity index (χ3v) is 14.7. The Hall–Kier alpha value is -7.24. The molecule has 2 aliphatic carbocycles. The van der Waals surface area contributed by atoms with E-state index in [2.05, 4.69) is 56.8 Å². The van der Waals surface area contributed by atoms with E-state index in [1.165, 1.54) is 27.8 Å². The van der Waals surface area contributed by atoms with Crippen molar-refractivity contribution in [2.75, 3.05) is 0 Å². The molecule has 0 aliphatic heterocycles. The number of aromatic nitrogens is 4. The SMILES string of the molecule is [2H]c1c([2H])c([2H])c(-c2cc(C(C)(C)C)cc(-c3c([2H])c([2H])c4c(c3[2H])C(C([2H])([2H])[2H])(C([2H])([2H])[2H])C([2H])([2H])C([2H])([2H])C4(C([2H])([2H])[2H])C([2H])([2H])[2H])c2-[n+]2[c-]n(-c3cccc(Oc4ccc5c6ccccc6n(-c6cc7c(cn6)C(C)(C)CCC7(C)C)c5c4)c3)c3ccccc32)c([2H])c1[2H]. The normalized spacial score (nSPS) is 23.5. The van der Waals surface area contributed by atoms with E-state index in [0.717, 1.165) is 40.5 Å². The van der Waals surface area contributed by atoms with E-state index < -0.39 is 133 Å². The van der Waals surface area contributed by atoms with Gasteiger partial charge in [-0.25, -0.2) is 4.98 Å². The van der Waals surface area contributed by atoms with Crippen LogP contribution in [0.25, 0.3) is 72.3 Å². The fourth-order valence-electron chi connectivity index (χ4n) is 10.6. The molecule has 3 aromatic heterocycles. The molecule has 0 saturated carbocycles. The highest BCUT2D eigenvalue weighted by Crippen LogP contribution is 2.49. The maximum Gasteiger partial charge on any atom is 0.269 e. The zero-order chi connectivity index (χ0) is 71.4. The lowest BCUT2D eigenvalue weighted by atomic mass is 9.63. The molecular weight excluding hydrogens is 889 g/mol. The second-order valence-electron chi connectivity index (χ2n) is 21.7. The van der Waals surface area contributed by atoms with Crippen LogP contribution in [0.15, 0.2) is 164 Å². The van der Waals surface area contributed by atoms with Gasteiger partial charge in [0.2, 0.25) is 0 Å². The molecule has 5 heteroatoms. The zero-order valence-electron chi connectivity index (χ0n) is 65.6. The van der Waals surface area contributed by atoms with Crippen LogP contribution in [0.3, 0.4) is 0 Å². The van der Waals surface area contributed by atoms with Crippen molar-refractivity contribution in [2.24, 2.45) is 0 Å². The first kappa shape index (κ1) is 27.2. The highest BCUT2D eigenvalue weighted by Gasteiger charge is 2.39. The summed E-state index contributed by atoms with van der Waals surface area (Å²) in [6.07, 6.45) is -1.86. The Balaban J connectivity index is 1.15. The third kappa shape index (κ3) is 7.89.